The van der Waals surface area contributed by atoms with E-state index in [1.165, 1.54) is 0 Å². The van der Waals surface area contributed by atoms with Crippen molar-refractivity contribution in [3.8, 4) is 0 Å². The average Bonchev–Trinajstić information content (AvgIpc) is 1.87. The standard InChI is InChI=1S/C7H11O3P/c1-3-5-7(6-4-2)10-11(8)9/h3-4,7H,1-2,5-6H2/p+1. The van der Waals surface area contributed by atoms with Crippen LogP contribution in [0.3, 0.4) is 0 Å². The molecule has 0 radical (unpaired) electrons. The van der Waals surface area contributed by atoms with Gasteiger partial charge in [0.1, 0.15) is 6.10 Å². The molecular formula is C7H12O3P+. The summed E-state index contributed by atoms with van der Waals surface area (Å²) in [5.41, 5.74) is 0. The summed E-state index contributed by atoms with van der Waals surface area (Å²) >= 11 is 0. The molecule has 0 heterocycles. The summed E-state index contributed by atoms with van der Waals surface area (Å²) in [5.74, 6) is 0. The Kier molecular flexibility index (Phi) is 5.94. The van der Waals surface area contributed by atoms with Gasteiger partial charge < -0.3 is 0 Å². The van der Waals surface area contributed by atoms with Gasteiger partial charge in [0.05, 0.1) is 0 Å². The Morgan fingerprint density at radius 3 is 2.18 bits per heavy atom. The molecule has 1 atom stereocenters. The number of hydrogen-bond donors (Lipinski definition) is 1. The van der Waals surface area contributed by atoms with E-state index in [1.54, 1.807) is 12.2 Å². The van der Waals surface area contributed by atoms with Gasteiger partial charge in [-0.3, -0.25) is 0 Å². The van der Waals surface area contributed by atoms with Crippen LogP contribution in [0.25, 0.3) is 0 Å². The summed E-state index contributed by atoms with van der Waals surface area (Å²) in [7, 11) is -2.51. The van der Waals surface area contributed by atoms with Crippen LogP contribution in [0.1, 0.15) is 12.8 Å². The van der Waals surface area contributed by atoms with E-state index in [4.69, 9.17) is 4.89 Å². The van der Waals surface area contributed by atoms with Crippen LogP contribution < -0.4 is 0 Å². The summed E-state index contributed by atoms with van der Waals surface area (Å²) < 4.78 is 14.9. The average molecular weight is 175 g/mol. The van der Waals surface area contributed by atoms with Crippen molar-refractivity contribution in [2.75, 3.05) is 0 Å². The zero-order valence-electron chi connectivity index (χ0n) is 6.27. The van der Waals surface area contributed by atoms with Crippen molar-refractivity contribution in [3.05, 3.63) is 25.3 Å². The van der Waals surface area contributed by atoms with E-state index in [-0.39, 0.29) is 6.10 Å². The molecule has 0 aromatic heterocycles. The lowest BCUT2D eigenvalue weighted by atomic mass is 10.2. The van der Waals surface area contributed by atoms with Gasteiger partial charge in [-0.2, -0.15) is 0 Å². The van der Waals surface area contributed by atoms with Gasteiger partial charge in [-0.15, -0.1) is 22.6 Å². The van der Waals surface area contributed by atoms with Gasteiger partial charge in [0.25, 0.3) is 0 Å². The molecule has 0 fully saturated rings. The topological polar surface area (TPSA) is 46.5 Å². The van der Waals surface area contributed by atoms with Crippen molar-refractivity contribution >= 4 is 8.25 Å². The summed E-state index contributed by atoms with van der Waals surface area (Å²) in [4.78, 5) is 8.39. The first-order valence-electron chi connectivity index (χ1n) is 3.25. The van der Waals surface area contributed by atoms with Crippen LogP contribution in [0.2, 0.25) is 0 Å². The van der Waals surface area contributed by atoms with Crippen LogP contribution in [-0.2, 0) is 9.09 Å². The van der Waals surface area contributed by atoms with Crippen molar-refractivity contribution in [3.63, 3.8) is 0 Å². The van der Waals surface area contributed by atoms with Gasteiger partial charge in [-0.25, -0.2) is 0 Å². The molecule has 62 valence electrons. The smallest absolute Gasteiger partial charge is 0.133 e. The predicted octanol–water partition coefficient (Wildman–Crippen LogP) is 2.17. The zero-order valence-corrected chi connectivity index (χ0v) is 7.17. The minimum atomic E-state index is -2.51. The van der Waals surface area contributed by atoms with Crippen molar-refractivity contribution in [1.29, 1.82) is 0 Å². The van der Waals surface area contributed by atoms with Gasteiger partial charge >= 0.3 is 8.25 Å². The highest BCUT2D eigenvalue weighted by molar-refractivity contribution is 7.32. The highest BCUT2D eigenvalue weighted by Gasteiger charge is 2.20. The van der Waals surface area contributed by atoms with E-state index in [0.717, 1.165) is 0 Å². The van der Waals surface area contributed by atoms with E-state index in [2.05, 4.69) is 17.7 Å². The molecule has 0 bridgehead atoms. The van der Waals surface area contributed by atoms with Crippen molar-refractivity contribution in [1.82, 2.24) is 0 Å². The second kappa shape index (κ2) is 6.23. The maximum absolute atomic E-state index is 10.2. The van der Waals surface area contributed by atoms with Crippen molar-refractivity contribution in [2.24, 2.45) is 0 Å². The highest BCUT2D eigenvalue weighted by Crippen LogP contribution is 2.21. The Morgan fingerprint density at radius 1 is 1.45 bits per heavy atom. The molecule has 0 aromatic carbocycles. The molecule has 11 heavy (non-hydrogen) atoms. The first kappa shape index (κ1) is 10.5. The van der Waals surface area contributed by atoms with Crippen LogP contribution >= 0.6 is 8.25 Å². The monoisotopic (exact) mass is 175 g/mol. The molecule has 0 aliphatic rings. The largest absolute Gasteiger partial charge is 0.695 e. The molecular weight excluding hydrogens is 163 g/mol. The first-order chi connectivity index (χ1) is 5.20. The SMILES string of the molecule is C=CCC(CC=C)O[P+](=O)O. The van der Waals surface area contributed by atoms with Crippen LogP contribution in [0.15, 0.2) is 25.3 Å². The lowest BCUT2D eigenvalue weighted by molar-refractivity contribution is 0.194. The third-order valence-electron chi connectivity index (χ3n) is 1.10. The Morgan fingerprint density at radius 2 is 1.91 bits per heavy atom. The van der Waals surface area contributed by atoms with E-state index in [1.807, 2.05) is 0 Å². The lowest BCUT2D eigenvalue weighted by Crippen LogP contribution is -2.05. The Labute approximate surface area is 67.3 Å². The molecule has 0 spiro atoms. The molecule has 0 aliphatic carbocycles. The first-order valence-corrected chi connectivity index (χ1v) is 4.38. The van der Waals surface area contributed by atoms with Crippen LogP contribution in [0.5, 0.6) is 0 Å². The van der Waals surface area contributed by atoms with Crippen LogP contribution in [0, 0.1) is 0 Å². The zero-order chi connectivity index (χ0) is 8.69. The van der Waals surface area contributed by atoms with Gasteiger partial charge in [0.2, 0.25) is 0 Å². The molecule has 0 aliphatic heterocycles. The molecule has 4 heteroatoms. The van der Waals surface area contributed by atoms with Crippen molar-refractivity contribution in [2.45, 2.75) is 18.9 Å². The molecule has 0 amide bonds. The van der Waals surface area contributed by atoms with Crippen molar-refractivity contribution < 1.29 is 14.0 Å². The minimum Gasteiger partial charge on any atom is -0.133 e. The maximum Gasteiger partial charge on any atom is 0.695 e. The highest BCUT2D eigenvalue weighted by atomic mass is 31.1. The summed E-state index contributed by atoms with van der Waals surface area (Å²) in [5, 5.41) is 0. The Hall–Kier alpha value is -0.500. The number of hydrogen-bond acceptors (Lipinski definition) is 2. The van der Waals surface area contributed by atoms with Crippen LogP contribution in [-0.4, -0.2) is 11.0 Å². The fourth-order valence-corrected chi connectivity index (χ4v) is 1.11. The molecule has 3 nitrogen and oxygen atoms in total. The van der Waals surface area contributed by atoms with E-state index < -0.39 is 8.25 Å². The Bertz CT molecular complexity index is 146. The van der Waals surface area contributed by atoms with Gasteiger partial charge in [0, 0.05) is 4.57 Å². The summed E-state index contributed by atoms with van der Waals surface area (Å²) in [6, 6.07) is 0. The maximum atomic E-state index is 10.2. The van der Waals surface area contributed by atoms with Gasteiger partial charge in [-0.05, 0) is 12.8 Å². The van der Waals surface area contributed by atoms with Gasteiger partial charge in [-0.1, -0.05) is 12.2 Å². The molecule has 1 N–H and O–H groups in total. The van der Waals surface area contributed by atoms with E-state index in [0.29, 0.717) is 12.8 Å². The fraction of sp³-hybridized carbons (Fsp3) is 0.429. The molecule has 0 rings (SSSR count). The normalized spacial score (nSPS) is 11.3. The molecule has 1 unspecified atom stereocenters. The second-order valence-corrected chi connectivity index (χ2v) is 2.70. The van der Waals surface area contributed by atoms with E-state index in [9.17, 15) is 4.57 Å². The second-order valence-electron chi connectivity index (χ2n) is 2.01. The third-order valence-corrected chi connectivity index (χ3v) is 1.58. The third kappa shape index (κ3) is 5.92. The lowest BCUT2D eigenvalue weighted by Gasteiger charge is -2.01. The quantitative estimate of drug-likeness (QED) is 0.497. The van der Waals surface area contributed by atoms with E-state index >= 15 is 0 Å². The molecule has 0 aromatic rings. The Balaban J connectivity index is 3.76. The summed E-state index contributed by atoms with van der Waals surface area (Å²) in [6.45, 7) is 7.00. The fourth-order valence-electron chi connectivity index (χ4n) is 0.682. The predicted molar refractivity (Wildman–Crippen MR) is 44.3 cm³/mol. The van der Waals surface area contributed by atoms with Crippen LogP contribution in [0.4, 0.5) is 0 Å². The van der Waals surface area contributed by atoms with Gasteiger partial charge in [0.15, 0.2) is 0 Å². The molecule has 0 saturated carbocycles. The number of rotatable bonds is 6. The molecule has 0 saturated heterocycles. The minimum absolute atomic E-state index is 0.265. The summed E-state index contributed by atoms with van der Waals surface area (Å²) in [6.07, 6.45) is 4.15.